The summed E-state index contributed by atoms with van der Waals surface area (Å²) in [6.07, 6.45) is 1.91. The normalized spacial score (nSPS) is 11.5. The van der Waals surface area contributed by atoms with Crippen LogP contribution in [0.15, 0.2) is 121 Å². The topological polar surface area (TPSA) is 12.9 Å². The molecular formula is C27H20ClNP+. The Kier molecular flexibility index (Phi) is 5.09. The Hall–Kier alpha value is -2.99. The Morgan fingerprint density at radius 1 is 0.567 bits per heavy atom. The van der Waals surface area contributed by atoms with Crippen molar-refractivity contribution in [3.63, 3.8) is 0 Å². The van der Waals surface area contributed by atoms with Gasteiger partial charge in [-0.1, -0.05) is 66.2 Å². The van der Waals surface area contributed by atoms with Crippen molar-refractivity contribution in [2.45, 2.75) is 0 Å². The first-order valence-electron chi connectivity index (χ1n) is 9.91. The van der Waals surface area contributed by atoms with Crippen molar-refractivity contribution in [2.75, 3.05) is 0 Å². The molecule has 1 nitrogen and oxygen atoms in total. The van der Waals surface area contributed by atoms with E-state index in [1.165, 1.54) is 21.2 Å². The lowest BCUT2D eigenvalue weighted by Gasteiger charge is -2.28. The largest absolute Gasteiger partial charge is 0.256 e. The maximum absolute atomic E-state index is 6.31. The molecule has 4 aromatic carbocycles. The maximum Gasteiger partial charge on any atom is 0.145 e. The van der Waals surface area contributed by atoms with Crippen LogP contribution in [0, 0.1) is 0 Å². The first kappa shape index (κ1) is 19.0. The van der Waals surface area contributed by atoms with Gasteiger partial charge in [0.05, 0.1) is 5.52 Å². The summed E-state index contributed by atoms with van der Waals surface area (Å²) in [5.41, 5.74) is 0.923. The standard InChI is InChI=1S/C27H20ClNP/c28-21-16-17-25-26(20-21)29-19-18-27(25)30(22-10-4-1-5-11-22,23-12-6-2-7-13-23)24-14-8-3-9-15-24/h1-20H/q+1. The van der Waals surface area contributed by atoms with Gasteiger partial charge in [0.15, 0.2) is 0 Å². The molecule has 0 aliphatic rings. The number of fused-ring (bicyclic) bond motifs is 1. The zero-order chi connectivity index (χ0) is 20.4. The van der Waals surface area contributed by atoms with Gasteiger partial charge in [-0.25, -0.2) is 0 Å². The monoisotopic (exact) mass is 424 g/mol. The predicted molar refractivity (Wildman–Crippen MR) is 132 cm³/mol. The molecule has 0 aliphatic carbocycles. The van der Waals surface area contributed by atoms with Gasteiger partial charge in [0.25, 0.3) is 0 Å². The molecule has 30 heavy (non-hydrogen) atoms. The molecule has 0 saturated heterocycles. The van der Waals surface area contributed by atoms with E-state index in [2.05, 4.69) is 108 Å². The molecule has 0 fully saturated rings. The molecule has 0 aliphatic heterocycles. The van der Waals surface area contributed by atoms with Gasteiger partial charge in [0.2, 0.25) is 0 Å². The van der Waals surface area contributed by atoms with Crippen LogP contribution in [0.25, 0.3) is 10.9 Å². The van der Waals surface area contributed by atoms with Crippen LogP contribution in [0.1, 0.15) is 0 Å². The molecule has 0 radical (unpaired) electrons. The third-order valence-corrected chi connectivity index (χ3v) is 10.0. The highest BCUT2D eigenvalue weighted by atomic mass is 35.5. The van der Waals surface area contributed by atoms with E-state index in [0.29, 0.717) is 5.02 Å². The van der Waals surface area contributed by atoms with Crippen LogP contribution >= 0.6 is 18.9 Å². The van der Waals surface area contributed by atoms with Crippen molar-refractivity contribution in [2.24, 2.45) is 0 Å². The highest BCUT2D eigenvalue weighted by Crippen LogP contribution is 2.55. The molecule has 5 rings (SSSR count). The van der Waals surface area contributed by atoms with E-state index in [1.807, 2.05) is 18.3 Å². The van der Waals surface area contributed by atoms with Crippen molar-refractivity contribution in [3.8, 4) is 0 Å². The number of hydrogen-bond acceptors (Lipinski definition) is 1. The average Bonchev–Trinajstić information content (AvgIpc) is 2.82. The Morgan fingerprint density at radius 3 is 1.57 bits per heavy atom. The summed E-state index contributed by atoms with van der Waals surface area (Å²) in [5, 5.41) is 7.12. The molecular weight excluding hydrogens is 405 g/mol. The van der Waals surface area contributed by atoms with Gasteiger partial charge in [0.1, 0.15) is 28.5 Å². The molecule has 0 spiro atoms. The fourth-order valence-electron chi connectivity index (χ4n) is 4.22. The molecule has 3 heteroatoms. The van der Waals surface area contributed by atoms with E-state index in [9.17, 15) is 0 Å². The van der Waals surface area contributed by atoms with E-state index in [4.69, 9.17) is 11.6 Å². The highest BCUT2D eigenvalue weighted by Gasteiger charge is 2.48. The lowest BCUT2D eigenvalue weighted by molar-refractivity contribution is 1.42. The van der Waals surface area contributed by atoms with E-state index in [0.717, 1.165) is 10.9 Å². The number of hydrogen-bond donors (Lipinski definition) is 0. The summed E-state index contributed by atoms with van der Waals surface area (Å²) in [7, 11) is -2.15. The first-order chi connectivity index (χ1) is 14.8. The van der Waals surface area contributed by atoms with Crippen molar-refractivity contribution >= 4 is 51.0 Å². The molecule has 0 amide bonds. The summed E-state index contributed by atoms with van der Waals surface area (Å²) in [5.74, 6) is 0. The molecule has 0 saturated carbocycles. The predicted octanol–water partition coefficient (Wildman–Crippen LogP) is 5.51. The molecule has 0 N–H and O–H groups in total. The average molecular weight is 425 g/mol. The van der Waals surface area contributed by atoms with Crippen LogP contribution in [-0.2, 0) is 0 Å². The smallest absolute Gasteiger partial charge is 0.145 e. The number of halogens is 1. The zero-order valence-electron chi connectivity index (χ0n) is 16.3. The summed E-state index contributed by atoms with van der Waals surface area (Å²) in [6.45, 7) is 0. The van der Waals surface area contributed by atoms with Crippen LogP contribution in [0.5, 0.6) is 0 Å². The fraction of sp³-hybridized carbons (Fsp3) is 0. The molecule has 5 aromatic rings. The van der Waals surface area contributed by atoms with Crippen molar-refractivity contribution in [3.05, 3.63) is 126 Å². The summed E-state index contributed by atoms with van der Waals surface area (Å²) >= 11 is 6.31. The Morgan fingerprint density at radius 2 is 1.07 bits per heavy atom. The minimum absolute atomic E-state index is 0.704. The zero-order valence-corrected chi connectivity index (χ0v) is 18.0. The second-order valence-corrected chi connectivity index (χ2v) is 11.0. The SMILES string of the molecule is Clc1ccc2c([P+](c3ccccc3)(c3ccccc3)c3ccccc3)ccnc2c1. The second-order valence-electron chi connectivity index (χ2n) is 7.17. The Labute approximate surface area is 182 Å². The van der Waals surface area contributed by atoms with Crippen LogP contribution in [0.3, 0.4) is 0 Å². The van der Waals surface area contributed by atoms with Crippen LogP contribution in [-0.4, -0.2) is 4.98 Å². The summed E-state index contributed by atoms with van der Waals surface area (Å²) < 4.78 is 0. The van der Waals surface area contributed by atoms with Gasteiger partial charge in [-0.2, -0.15) is 0 Å². The second kappa shape index (κ2) is 8.03. The Balaban J connectivity index is 1.98. The third-order valence-electron chi connectivity index (χ3n) is 5.47. The van der Waals surface area contributed by atoms with Gasteiger partial charge in [-0.05, 0) is 54.6 Å². The maximum atomic E-state index is 6.31. The molecule has 0 atom stereocenters. The van der Waals surface area contributed by atoms with Gasteiger partial charge >= 0.3 is 0 Å². The number of benzene rings is 4. The number of pyridine rings is 1. The van der Waals surface area contributed by atoms with Crippen molar-refractivity contribution < 1.29 is 0 Å². The highest BCUT2D eigenvalue weighted by molar-refractivity contribution is 8.01. The minimum Gasteiger partial charge on any atom is -0.256 e. The van der Waals surface area contributed by atoms with Gasteiger partial charge in [0, 0.05) is 22.7 Å². The number of rotatable bonds is 4. The summed E-state index contributed by atoms with van der Waals surface area (Å²) in [6, 6.07) is 40.8. The fourth-order valence-corrected chi connectivity index (χ4v) is 8.81. The number of aromatic nitrogens is 1. The quantitative estimate of drug-likeness (QED) is 0.347. The van der Waals surface area contributed by atoms with Gasteiger partial charge in [-0.15, -0.1) is 0 Å². The van der Waals surface area contributed by atoms with Crippen molar-refractivity contribution in [1.82, 2.24) is 4.98 Å². The summed E-state index contributed by atoms with van der Waals surface area (Å²) in [4.78, 5) is 4.63. The lowest BCUT2D eigenvalue weighted by atomic mass is 10.2. The van der Waals surface area contributed by atoms with Crippen LogP contribution in [0.4, 0.5) is 0 Å². The van der Waals surface area contributed by atoms with E-state index < -0.39 is 7.26 Å². The van der Waals surface area contributed by atoms with Crippen LogP contribution in [0.2, 0.25) is 5.02 Å². The lowest BCUT2D eigenvalue weighted by Crippen LogP contribution is -2.39. The van der Waals surface area contributed by atoms with E-state index in [-0.39, 0.29) is 0 Å². The van der Waals surface area contributed by atoms with Gasteiger partial charge in [-0.3, -0.25) is 4.98 Å². The minimum atomic E-state index is -2.15. The van der Waals surface area contributed by atoms with Gasteiger partial charge < -0.3 is 0 Å². The van der Waals surface area contributed by atoms with Crippen molar-refractivity contribution in [1.29, 1.82) is 0 Å². The molecule has 1 heterocycles. The van der Waals surface area contributed by atoms with E-state index in [1.54, 1.807) is 0 Å². The Bertz CT molecular complexity index is 1190. The van der Waals surface area contributed by atoms with E-state index >= 15 is 0 Å². The first-order valence-corrected chi connectivity index (χ1v) is 12.1. The van der Waals surface area contributed by atoms with Crippen LogP contribution < -0.4 is 21.2 Å². The molecule has 0 bridgehead atoms. The molecule has 1 aromatic heterocycles. The number of nitrogens with zero attached hydrogens (tertiary/aromatic N) is 1. The third kappa shape index (κ3) is 3.12. The molecule has 0 unspecified atom stereocenters. The molecule has 144 valence electrons.